The monoisotopic (exact) mass is 266 g/mol. The molecule has 3 nitrogen and oxygen atoms in total. The van der Waals surface area contributed by atoms with Gasteiger partial charge in [-0.05, 0) is 30.2 Å². The normalized spacial score (nSPS) is 10.7. The van der Waals surface area contributed by atoms with Crippen LogP contribution in [0.3, 0.4) is 0 Å². The summed E-state index contributed by atoms with van der Waals surface area (Å²) < 4.78 is 10.4. The van der Waals surface area contributed by atoms with E-state index in [2.05, 4.69) is 6.07 Å². The number of methoxy groups -OCH3 is 1. The van der Waals surface area contributed by atoms with Crippen molar-refractivity contribution in [1.82, 2.24) is 0 Å². The lowest BCUT2D eigenvalue weighted by molar-refractivity contribution is 0.414. The van der Waals surface area contributed by atoms with Gasteiger partial charge in [0.2, 0.25) is 0 Å². The standard InChI is InChI=1S/C17H14O3/c1-11-4-3-5-12(8-11)15-10-17(18)20-16-9-13(19-2)6-7-14(15)16/h3-10H,1-2H3. The topological polar surface area (TPSA) is 39.4 Å². The van der Waals surface area contributed by atoms with Gasteiger partial charge < -0.3 is 9.15 Å². The number of fused-ring (bicyclic) bond motifs is 1. The SMILES string of the molecule is COc1ccc2c(-c3cccc(C)c3)cc(=O)oc2c1. The number of benzene rings is 2. The molecular weight excluding hydrogens is 252 g/mol. The highest BCUT2D eigenvalue weighted by Gasteiger charge is 2.09. The Hall–Kier alpha value is -2.55. The molecule has 2 aromatic carbocycles. The summed E-state index contributed by atoms with van der Waals surface area (Å²) in [6.45, 7) is 2.03. The van der Waals surface area contributed by atoms with Crippen LogP contribution in [-0.2, 0) is 0 Å². The lowest BCUT2D eigenvalue weighted by Gasteiger charge is -2.07. The Bertz CT molecular complexity index is 831. The summed E-state index contributed by atoms with van der Waals surface area (Å²) in [6, 6.07) is 15.1. The van der Waals surface area contributed by atoms with Gasteiger partial charge in [0.1, 0.15) is 11.3 Å². The second-order valence-electron chi connectivity index (χ2n) is 4.71. The summed E-state index contributed by atoms with van der Waals surface area (Å²) in [4.78, 5) is 11.8. The fourth-order valence-corrected chi connectivity index (χ4v) is 2.32. The maximum atomic E-state index is 11.8. The number of hydrogen-bond donors (Lipinski definition) is 0. The maximum Gasteiger partial charge on any atom is 0.336 e. The predicted octanol–water partition coefficient (Wildman–Crippen LogP) is 3.78. The van der Waals surface area contributed by atoms with Gasteiger partial charge in [-0.3, -0.25) is 0 Å². The molecule has 3 aromatic rings. The quantitative estimate of drug-likeness (QED) is 0.663. The first-order chi connectivity index (χ1) is 9.67. The van der Waals surface area contributed by atoms with Crippen molar-refractivity contribution in [2.24, 2.45) is 0 Å². The van der Waals surface area contributed by atoms with E-state index in [1.165, 1.54) is 6.07 Å². The summed E-state index contributed by atoms with van der Waals surface area (Å²) in [5.74, 6) is 0.669. The highest BCUT2D eigenvalue weighted by atomic mass is 16.5. The fraction of sp³-hybridized carbons (Fsp3) is 0.118. The average molecular weight is 266 g/mol. The molecule has 0 bridgehead atoms. The Balaban J connectivity index is 2.32. The van der Waals surface area contributed by atoms with E-state index in [9.17, 15) is 4.79 Å². The second-order valence-corrected chi connectivity index (χ2v) is 4.71. The smallest absolute Gasteiger partial charge is 0.336 e. The molecule has 0 saturated carbocycles. The van der Waals surface area contributed by atoms with Crippen LogP contribution >= 0.6 is 0 Å². The van der Waals surface area contributed by atoms with Crippen molar-refractivity contribution in [3.8, 4) is 16.9 Å². The minimum atomic E-state index is -0.359. The molecule has 0 fully saturated rings. The van der Waals surface area contributed by atoms with Crippen LogP contribution in [0, 0.1) is 6.92 Å². The molecule has 0 saturated heterocycles. The minimum Gasteiger partial charge on any atom is -0.497 e. The van der Waals surface area contributed by atoms with Gasteiger partial charge in [-0.15, -0.1) is 0 Å². The van der Waals surface area contributed by atoms with Gasteiger partial charge in [-0.25, -0.2) is 4.79 Å². The first-order valence-electron chi connectivity index (χ1n) is 6.36. The third-order valence-corrected chi connectivity index (χ3v) is 3.28. The van der Waals surface area contributed by atoms with Crippen molar-refractivity contribution in [1.29, 1.82) is 0 Å². The van der Waals surface area contributed by atoms with E-state index in [4.69, 9.17) is 9.15 Å². The van der Waals surface area contributed by atoms with Crippen LogP contribution in [0.5, 0.6) is 5.75 Å². The van der Waals surface area contributed by atoms with Crippen molar-refractivity contribution in [3.05, 3.63) is 64.5 Å². The Labute approximate surface area is 116 Å². The van der Waals surface area contributed by atoms with E-state index in [1.54, 1.807) is 13.2 Å². The third kappa shape index (κ3) is 2.18. The van der Waals surface area contributed by atoms with Gasteiger partial charge in [0, 0.05) is 17.5 Å². The van der Waals surface area contributed by atoms with Gasteiger partial charge >= 0.3 is 5.63 Å². The fourth-order valence-electron chi connectivity index (χ4n) is 2.32. The van der Waals surface area contributed by atoms with E-state index < -0.39 is 0 Å². The molecule has 3 rings (SSSR count). The highest BCUT2D eigenvalue weighted by molar-refractivity contribution is 5.93. The molecule has 0 aliphatic rings. The van der Waals surface area contributed by atoms with Gasteiger partial charge in [0.25, 0.3) is 0 Å². The zero-order valence-electron chi connectivity index (χ0n) is 11.3. The lowest BCUT2D eigenvalue weighted by Crippen LogP contribution is -1.98. The van der Waals surface area contributed by atoms with E-state index in [1.807, 2.05) is 37.3 Å². The number of rotatable bonds is 2. The molecule has 0 spiro atoms. The third-order valence-electron chi connectivity index (χ3n) is 3.28. The molecule has 0 aliphatic heterocycles. The summed E-state index contributed by atoms with van der Waals surface area (Å²) in [5.41, 5.74) is 3.21. The predicted molar refractivity (Wildman–Crippen MR) is 79.2 cm³/mol. The molecule has 0 aliphatic carbocycles. The Morgan fingerprint density at radius 3 is 2.65 bits per heavy atom. The molecule has 20 heavy (non-hydrogen) atoms. The lowest BCUT2D eigenvalue weighted by atomic mass is 10.0. The van der Waals surface area contributed by atoms with Crippen molar-refractivity contribution in [2.45, 2.75) is 6.92 Å². The van der Waals surface area contributed by atoms with Crippen LogP contribution in [0.1, 0.15) is 5.56 Å². The van der Waals surface area contributed by atoms with Gasteiger partial charge in [0.05, 0.1) is 7.11 Å². The molecule has 100 valence electrons. The van der Waals surface area contributed by atoms with E-state index in [-0.39, 0.29) is 5.63 Å². The largest absolute Gasteiger partial charge is 0.497 e. The van der Waals surface area contributed by atoms with Gasteiger partial charge in [-0.1, -0.05) is 29.8 Å². The average Bonchev–Trinajstić information content (AvgIpc) is 2.45. The van der Waals surface area contributed by atoms with Crippen LogP contribution in [0.25, 0.3) is 22.1 Å². The molecule has 1 aromatic heterocycles. The van der Waals surface area contributed by atoms with Crippen molar-refractivity contribution >= 4 is 11.0 Å². The number of ether oxygens (including phenoxy) is 1. The number of hydrogen-bond acceptors (Lipinski definition) is 3. The summed E-state index contributed by atoms with van der Waals surface area (Å²) in [5, 5.41) is 0.899. The molecule has 0 atom stereocenters. The van der Waals surface area contributed by atoms with Crippen LogP contribution in [-0.4, -0.2) is 7.11 Å². The van der Waals surface area contributed by atoms with Crippen molar-refractivity contribution in [2.75, 3.05) is 7.11 Å². The molecule has 0 amide bonds. The van der Waals surface area contributed by atoms with Crippen LogP contribution in [0.2, 0.25) is 0 Å². The molecule has 1 heterocycles. The summed E-state index contributed by atoms with van der Waals surface area (Å²) in [6.07, 6.45) is 0. The first-order valence-corrected chi connectivity index (χ1v) is 6.36. The molecule has 0 N–H and O–H groups in total. The zero-order chi connectivity index (χ0) is 14.1. The molecule has 0 unspecified atom stereocenters. The summed E-state index contributed by atoms with van der Waals surface area (Å²) in [7, 11) is 1.59. The van der Waals surface area contributed by atoms with Crippen molar-refractivity contribution in [3.63, 3.8) is 0 Å². The Kier molecular flexibility index (Phi) is 3.03. The Morgan fingerprint density at radius 1 is 1.05 bits per heavy atom. The molecule has 0 radical (unpaired) electrons. The van der Waals surface area contributed by atoms with Gasteiger partial charge in [-0.2, -0.15) is 0 Å². The molecular formula is C17H14O3. The maximum absolute atomic E-state index is 11.8. The Morgan fingerprint density at radius 2 is 1.90 bits per heavy atom. The number of aryl methyl sites for hydroxylation is 1. The second kappa shape index (κ2) is 4.85. The highest BCUT2D eigenvalue weighted by Crippen LogP contribution is 2.29. The van der Waals surface area contributed by atoms with E-state index in [0.717, 1.165) is 22.1 Å². The molecule has 3 heteroatoms. The van der Waals surface area contributed by atoms with Crippen LogP contribution in [0.4, 0.5) is 0 Å². The summed E-state index contributed by atoms with van der Waals surface area (Å²) >= 11 is 0. The van der Waals surface area contributed by atoms with Gasteiger partial charge in [0.15, 0.2) is 0 Å². The minimum absolute atomic E-state index is 0.359. The first kappa shape index (κ1) is 12.5. The zero-order valence-corrected chi connectivity index (χ0v) is 11.3. The van der Waals surface area contributed by atoms with Crippen LogP contribution < -0.4 is 10.4 Å². The van der Waals surface area contributed by atoms with E-state index in [0.29, 0.717) is 11.3 Å². The van der Waals surface area contributed by atoms with Crippen molar-refractivity contribution < 1.29 is 9.15 Å². The van der Waals surface area contributed by atoms with Crippen LogP contribution in [0.15, 0.2) is 57.7 Å². The van der Waals surface area contributed by atoms with E-state index >= 15 is 0 Å².